The van der Waals surface area contributed by atoms with Gasteiger partial charge in [-0.3, -0.25) is 5.32 Å². The average molecular weight is 414 g/mol. The van der Waals surface area contributed by atoms with Gasteiger partial charge in [0.15, 0.2) is 6.19 Å². The van der Waals surface area contributed by atoms with Gasteiger partial charge in [0.25, 0.3) is 0 Å². The second-order valence-electron chi connectivity index (χ2n) is 6.36. The molecule has 2 N–H and O–H groups in total. The molecule has 0 bridgehead atoms. The van der Waals surface area contributed by atoms with Crippen LogP contribution in [0.15, 0.2) is 100 Å². The third-order valence-corrected chi connectivity index (χ3v) is 5.75. The molecule has 0 aliphatic rings. The van der Waals surface area contributed by atoms with Crippen LogP contribution in [0.25, 0.3) is 5.65 Å². The second kappa shape index (κ2) is 9.03. The Morgan fingerprint density at radius 2 is 1.83 bits per heavy atom. The SMILES string of the molecule is N#CNC(=NCc1ccc(S(=O)c2ccccc2)cc1)Nc1ccn2ccnc2c1. The fraction of sp³-hybridized carbons (Fsp3) is 0.0455. The molecule has 7 nitrogen and oxygen atoms in total. The first-order valence-electron chi connectivity index (χ1n) is 9.18. The third-order valence-electron chi connectivity index (χ3n) is 4.35. The highest BCUT2D eigenvalue weighted by Crippen LogP contribution is 2.17. The van der Waals surface area contributed by atoms with Gasteiger partial charge >= 0.3 is 0 Å². The number of hydrogen-bond donors (Lipinski definition) is 2. The Hall–Kier alpha value is -3.96. The first kappa shape index (κ1) is 19.4. The topological polar surface area (TPSA) is 94.6 Å². The van der Waals surface area contributed by atoms with E-state index in [9.17, 15) is 4.21 Å². The van der Waals surface area contributed by atoms with Gasteiger partial charge in [0.1, 0.15) is 5.65 Å². The number of imidazole rings is 1. The van der Waals surface area contributed by atoms with E-state index >= 15 is 0 Å². The number of nitrogens with zero attached hydrogens (tertiary/aromatic N) is 4. The van der Waals surface area contributed by atoms with Crippen LogP contribution in [0.4, 0.5) is 5.69 Å². The van der Waals surface area contributed by atoms with Crippen LogP contribution in [0, 0.1) is 11.5 Å². The molecular formula is C22H18N6OS. The van der Waals surface area contributed by atoms with Crippen molar-refractivity contribution in [3.8, 4) is 6.19 Å². The molecule has 2 aromatic heterocycles. The van der Waals surface area contributed by atoms with Crippen molar-refractivity contribution in [3.05, 3.63) is 90.9 Å². The quantitative estimate of drug-likeness (QED) is 0.225. The molecule has 0 aliphatic heterocycles. The number of aromatic nitrogens is 2. The highest BCUT2D eigenvalue weighted by atomic mass is 32.2. The lowest BCUT2D eigenvalue weighted by Crippen LogP contribution is -2.26. The highest BCUT2D eigenvalue weighted by Gasteiger charge is 2.07. The number of benzene rings is 2. The first-order valence-corrected chi connectivity index (χ1v) is 10.3. The number of nitrogens with one attached hydrogen (secondary N) is 2. The lowest BCUT2D eigenvalue weighted by atomic mass is 10.2. The molecule has 8 heteroatoms. The van der Waals surface area contributed by atoms with Crippen LogP contribution in [0.5, 0.6) is 0 Å². The largest absolute Gasteiger partial charge is 0.325 e. The number of aliphatic imine (C=N–C) groups is 1. The predicted octanol–water partition coefficient (Wildman–Crippen LogP) is 3.54. The predicted molar refractivity (Wildman–Crippen MR) is 116 cm³/mol. The fourth-order valence-electron chi connectivity index (χ4n) is 2.86. The van der Waals surface area contributed by atoms with Gasteiger partial charge in [0.05, 0.1) is 17.3 Å². The van der Waals surface area contributed by atoms with E-state index < -0.39 is 10.8 Å². The third kappa shape index (κ3) is 4.54. The maximum absolute atomic E-state index is 12.6. The number of guanidine groups is 1. The Morgan fingerprint density at radius 1 is 1.07 bits per heavy atom. The number of rotatable bonds is 5. The minimum atomic E-state index is -1.22. The smallest absolute Gasteiger partial charge is 0.209 e. The van der Waals surface area contributed by atoms with Crippen LogP contribution in [0.2, 0.25) is 0 Å². The van der Waals surface area contributed by atoms with Gasteiger partial charge in [-0.2, -0.15) is 5.26 Å². The highest BCUT2D eigenvalue weighted by molar-refractivity contribution is 7.85. The summed E-state index contributed by atoms with van der Waals surface area (Å²) < 4.78 is 14.5. The standard InChI is InChI=1S/C22H18N6OS/c23-16-26-22(27-18-10-12-28-13-11-24-21(28)14-18)25-15-17-6-8-20(9-7-17)30(29)19-4-2-1-3-5-19/h1-14H,15H2,(H2,25,26,27). The van der Waals surface area contributed by atoms with Crippen LogP contribution in [0.3, 0.4) is 0 Å². The lowest BCUT2D eigenvalue weighted by Gasteiger charge is -2.09. The minimum Gasteiger partial charge on any atom is -0.325 e. The Kier molecular flexibility index (Phi) is 5.83. The monoisotopic (exact) mass is 414 g/mol. The van der Waals surface area contributed by atoms with Crippen molar-refractivity contribution < 1.29 is 4.21 Å². The molecule has 0 fully saturated rings. The molecule has 0 aliphatic carbocycles. The second-order valence-corrected chi connectivity index (χ2v) is 7.84. The van der Waals surface area contributed by atoms with Crippen molar-refractivity contribution >= 4 is 28.1 Å². The molecule has 2 heterocycles. The minimum absolute atomic E-state index is 0.338. The summed E-state index contributed by atoms with van der Waals surface area (Å²) >= 11 is 0. The number of anilines is 1. The number of pyridine rings is 1. The maximum atomic E-state index is 12.6. The molecule has 0 saturated heterocycles. The Bertz CT molecular complexity index is 1240. The van der Waals surface area contributed by atoms with Crippen molar-refractivity contribution in [1.82, 2.24) is 14.7 Å². The van der Waals surface area contributed by atoms with E-state index in [1.165, 1.54) is 0 Å². The van der Waals surface area contributed by atoms with Crippen molar-refractivity contribution in [1.29, 1.82) is 5.26 Å². The van der Waals surface area contributed by atoms with Crippen molar-refractivity contribution in [2.24, 2.45) is 4.99 Å². The van der Waals surface area contributed by atoms with Gasteiger partial charge in [-0.15, -0.1) is 0 Å². The summed E-state index contributed by atoms with van der Waals surface area (Å²) in [5, 5.41) is 14.7. The van der Waals surface area contributed by atoms with Gasteiger partial charge in [-0.05, 0) is 35.9 Å². The Balaban J connectivity index is 1.46. The Morgan fingerprint density at radius 3 is 2.60 bits per heavy atom. The molecular weight excluding hydrogens is 396 g/mol. The fourth-order valence-corrected chi connectivity index (χ4v) is 3.92. The van der Waals surface area contributed by atoms with Crippen LogP contribution < -0.4 is 10.6 Å². The van der Waals surface area contributed by atoms with E-state index in [0.717, 1.165) is 26.7 Å². The molecule has 0 radical (unpaired) electrons. The molecule has 1 atom stereocenters. The molecule has 4 aromatic rings. The van der Waals surface area contributed by atoms with Crippen LogP contribution in [-0.2, 0) is 17.3 Å². The van der Waals surface area contributed by atoms with Crippen molar-refractivity contribution in [2.45, 2.75) is 16.3 Å². The zero-order valence-electron chi connectivity index (χ0n) is 15.9. The summed E-state index contributed by atoms with van der Waals surface area (Å²) in [6.45, 7) is 0.362. The summed E-state index contributed by atoms with van der Waals surface area (Å²) in [6.07, 6.45) is 7.35. The summed E-state index contributed by atoms with van der Waals surface area (Å²) in [7, 11) is -1.22. The molecule has 30 heavy (non-hydrogen) atoms. The van der Waals surface area contributed by atoms with E-state index in [0.29, 0.717) is 12.5 Å². The Labute approximate surface area is 176 Å². The normalized spacial score (nSPS) is 12.3. The van der Waals surface area contributed by atoms with Gasteiger partial charge < -0.3 is 9.72 Å². The molecule has 2 aromatic carbocycles. The summed E-state index contributed by atoms with van der Waals surface area (Å²) in [6, 6.07) is 20.5. The van der Waals surface area contributed by atoms with Gasteiger partial charge in [-0.25, -0.2) is 14.2 Å². The van der Waals surface area contributed by atoms with Crippen LogP contribution in [-0.4, -0.2) is 19.6 Å². The van der Waals surface area contributed by atoms with Crippen LogP contribution in [0.1, 0.15) is 5.56 Å². The maximum Gasteiger partial charge on any atom is 0.209 e. The number of nitriles is 1. The molecule has 0 spiro atoms. The number of hydrogen-bond acceptors (Lipinski definition) is 4. The zero-order chi connectivity index (χ0) is 20.8. The van der Waals surface area contributed by atoms with Crippen molar-refractivity contribution in [2.75, 3.05) is 5.32 Å². The van der Waals surface area contributed by atoms with Gasteiger partial charge in [0, 0.05) is 40.1 Å². The summed E-state index contributed by atoms with van der Waals surface area (Å²) in [5.74, 6) is 0.338. The van der Waals surface area contributed by atoms with E-state index in [1.54, 1.807) is 6.20 Å². The van der Waals surface area contributed by atoms with E-state index in [4.69, 9.17) is 5.26 Å². The lowest BCUT2D eigenvalue weighted by molar-refractivity contribution is 0.683. The number of fused-ring (bicyclic) bond motifs is 1. The summed E-state index contributed by atoms with van der Waals surface area (Å²) in [4.78, 5) is 10.2. The van der Waals surface area contributed by atoms with E-state index in [-0.39, 0.29) is 0 Å². The van der Waals surface area contributed by atoms with Crippen molar-refractivity contribution in [3.63, 3.8) is 0 Å². The van der Waals surface area contributed by atoms with Gasteiger partial charge in [-0.1, -0.05) is 30.3 Å². The molecule has 1 unspecified atom stereocenters. The van der Waals surface area contributed by atoms with E-state index in [1.807, 2.05) is 89.7 Å². The molecule has 4 rings (SSSR count). The zero-order valence-corrected chi connectivity index (χ0v) is 16.7. The first-order chi connectivity index (χ1) is 14.7. The summed E-state index contributed by atoms with van der Waals surface area (Å²) in [5.41, 5.74) is 2.49. The molecule has 0 amide bonds. The molecule has 148 valence electrons. The van der Waals surface area contributed by atoms with Crippen LogP contribution >= 0.6 is 0 Å². The molecule has 0 saturated carbocycles. The van der Waals surface area contributed by atoms with Gasteiger partial charge in [0.2, 0.25) is 5.96 Å². The van der Waals surface area contributed by atoms with E-state index in [2.05, 4.69) is 20.6 Å². The average Bonchev–Trinajstić information content (AvgIpc) is 3.26.